The molecule has 116 valence electrons. The summed E-state index contributed by atoms with van der Waals surface area (Å²) in [7, 11) is 1.97. The fourth-order valence-electron chi connectivity index (χ4n) is 5.52. The summed E-state index contributed by atoms with van der Waals surface area (Å²) in [6, 6.07) is 0.675. The van der Waals surface area contributed by atoms with Gasteiger partial charge < -0.3 is 4.90 Å². The lowest BCUT2D eigenvalue weighted by atomic mass is 9.68. The van der Waals surface area contributed by atoms with E-state index in [0.717, 1.165) is 40.3 Å². The highest BCUT2D eigenvalue weighted by atomic mass is 15.3. The Balaban J connectivity index is 1.65. The third kappa shape index (κ3) is 1.74. The maximum atomic E-state index is 4.71. The monoisotopic (exact) mass is 297 g/mol. The molecule has 0 spiro atoms. The molecule has 4 heterocycles. The Hall–Kier alpha value is -1.65. The van der Waals surface area contributed by atoms with E-state index in [1.54, 1.807) is 6.33 Å². The maximum Gasteiger partial charge on any atom is 0.163 e. The number of rotatable bonds is 1. The summed E-state index contributed by atoms with van der Waals surface area (Å²) < 4.78 is 1.89. The van der Waals surface area contributed by atoms with E-state index in [1.165, 1.54) is 38.6 Å². The Morgan fingerprint density at radius 1 is 1.00 bits per heavy atom. The van der Waals surface area contributed by atoms with Gasteiger partial charge in [0, 0.05) is 19.6 Å². The molecule has 4 aliphatic rings. The Bertz CT molecular complexity index is 722. The van der Waals surface area contributed by atoms with E-state index in [0.29, 0.717) is 6.04 Å². The second-order valence-corrected chi connectivity index (χ2v) is 7.69. The van der Waals surface area contributed by atoms with Gasteiger partial charge in [-0.25, -0.2) is 9.97 Å². The zero-order valence-corrected chi connectivity index (χ0v) is 13.4. The van der Waals surface area contributed by atoms with Crippen molar-refractivity contribution < 1.29 is 0 Å². The molecular weight excluding hydrogens is 274 g/mol. The van der Waals surface area contributed by atoms with Crippen molar-refractivity contribution in [2.75, 3.05) is 11.4 Å². The first-order valence-corrected chi connectivity index (χ1v) is 8.60. The number of aryl methyl sites for hydroxylation is 2. The molecule has 2 unspecified atom stereocenters. The topological polar surface area (TPSA) is 46.8 Å². The highest BCUT2D eigenvalue weighted by Crippen LogP contribution is 2.48. The molecule has 4 bridgehead atoms. The van der Waals surface area contributed by atoms with Crippen LogP contribution >= 0.6 is 0 Å². The molecule has 6 rings (SSSR count). The first-order chi connectivity index (χ1) is 10.7. The summed E-state index contributed by atoms with van der Waals surface area (Å²) in [5.41, 5.74) is 2.02. The number of hydrogen-bond acceptors (Lipinski definition) is 4. The van der Waals surface area contributed by atoms with Crippen molar-refractivity contribution in [1.82, 2.24) is 19.7 Å². The molecule has 0 radical (unpaired) electrons. The van der Waals surface area contributed by atoms with Crippen LogP contribution in [0, 0.1) is 24.7 Å². The van der Waals surface area contributed by atoms with E-state index in [2.05, 4.69) is 21.9 Å². The van der Waals surface area contributed by atoms with E-state index < -0.39 is 0 Å². The minimum absolute atomic E-state index is 0.675. The fourth-order valence-corrected chi connectivity index (χ4v) is 5.52. The Kier molecular flexibility index (Phi) is 2.59. The number of anilines is 1. The van der Waals surface area contributed by atoms with E-state index >= 15 is 0 Å². The van der Waals surface area contributed by atoms with Crippen LogP contribution in [0.15, 0.2) is 6.33 Å². The smallest absolute Gasteiger partial charge is 0.163 e. The first kappa shape index (κ1) is 12.9. The van der Waals surface area contributed by atoms with Gasteiger partial charge in [-0.15, -0.1) is 0 Å². The van der Waals surface area contributed by atoms with Gasteiger partial charge in [-0.05, 0) is 56.8 Å². The van der Waals surface area contributed by atoms with Gasteiger partial charge in [-0.3, -0.25) is 4.68 Å². The molecule has 22 heavy (non-hydrogen) atoms. The van der Waals surface area contributed by atoms with Crippen molar-refractivity contribution in [3.8, 4) is 0 Å². The molecular formula is C17H23N5. The van der Waals surface area contributed by atoms with Crippen molar-refractivity contribution in [3.63, 3.8) is 0 Å². The minimum Gasteiger partial charge on any atom is -0.353 e. The van der Waals surface area contributed by atoms with Crippen LogP contribution in [-0.4, -0.2) is 32.3 Å². The van der Waals surface area contributed by atoms with Crippen LogP contribution in [0.5, 0.6) is 0 Å². The summed E-state index contributed by atoms with van der Waals surface area (Å²) in [6.07, 6.45) is 8.78. The molecule has 2 saturated heterocycles. The number of aromatic nitrogens is 4. The van der Waals surface area contributed by atoms with Gasteiger partial charge in [0.05, 0.1) is 11.1 Å². The second-order valence-electron chi connectivity index (χ2n) is 7.69. The van der Waals surface area contributed by atoms with Gasteiger partial charge in [-0.2, -0.15) is 5.10 Å². The second kappa shape index (κ2) is 4.43. The van der Waals surface area contributed by atoms with Crippen molar-refractivity contribution in [2.24, 2.45) is 24.8 Å². The number of hydrogen-bond donors (Lipinski definition) is 0. The summed E-state index contributed by atoms with van der Waals surface area (Å²) in [5.74, 6) is 3.91. The predicted molar refractivity (Wildman–Crippen MR) is 85.7 cm³/mol. The van der Waals surface area contributed by atoms with E-state index in [1.807, 2.05) is 11.7 Å². The first-order valence-electron chi connectivity index (χ1n) is 8.60. The summed E-state index contributed by atoms with van der Waals surface area (Å²) in [5, 5.41) is 5.72. The summed E-state index contributed by atoms with van der Waals surface area (Å²) >= 11 is 0. The summed E-state index contributed by atoms with van der Waals surface area (Å²) in [4.78, 5) is 11.8. The molecule has 5 nitrogen and oxygen atoms in total. The van der Waals surface area contributed by atoms with Crippen LogP contribution in [0.4, 0.5) is 5.82 Å². The van der Waals surface area contributed by atoms with Crippen molar-refractivity contribution in [3.05, 3.63) is 12.0 Å². The van der Waals surface area contributed by atoms with Crippen LogP contribution in [0.25, 0.3) is 11.0 Å². The fraction of sp³-hybridized carbons (Fsp3) is 0.706. The molecule has 2 aromatic rings. The standard InChI is InChI=1S/C17H23N5/c1-10-15-16(21(2)20-10)18-9-19-17(15)22-8-13-4-11-3-12(5-13)7-14(22)6-11/h9,11-14H,3-8H2,1-2H3/t11-,12+,13?,14?. The quantitative estimate of drug-likeness (QED) is 0.812. The molecule has 0 N–H and O–H groups in total. The number of fused-ring (bicyclic) bond motifs is 2. The largest absolute Gasteiger partial charge is 0.353 e. The van der Waals surface area contributed by atoms with Crippen molar-refractivity contribution in [1.29, 1.82) is 0 Å². The van der Waals surface area contributed by atoms with Gasteiger partial charge >= 0.3 is 0 Å². The zero-order valence-electron chi connectivity index (χ0n) is 13.4. The molecule has 2 aromatic heterocycles. The van der Waals surface area contributed by atoms with Gasteiger partial charge in [0.1, 0.15) is 12.1 Å². The average molecular weight is 297 g/mol. The highest BCUT2D eigenvalue weighted by Gasteiger charge is 2.43. The van der Waals surface area contributed by atoms with Gasteiger partial charge in [0.15, 0.2) is 5.65 Å². The van der Waals surface area contributed by atoms with Crippen LogP contribution in [0.2, 0.25) is 0 Å². The zero-order chi connectivity index (χ0) is 14.8. The molecule has 4 fully saturated rings. The third-order valence-electron chi connectivity index (χ3n) is 6.15. The lowest BCUT2D eigenvalue weighted by Gasteiger charge is -2.39. The lowest BCUT2D eigenvalue weighted by Crippen LogP contribution is -2.38. The van der Waals surface area contributed by atoms with Gasteiger partial charge in [-0.1, -0.05) is 0 Å². The lowest BCUT2D eigenvalue weighted by molar-refractivity contribution is 0.157. The molecule has 5 heteroatoms. The molecule has 0 amide bonds. The van der Waals surface area contributed by atoms with Crippen LogP contribution in [-0.2, 0) is 7.05 Å². The van der Waals surface area contributed by atoms with Crippen LogP contribution < -0.4 is 4.90 Å². The van der Waals surface area contributed by atoms with E-state index in [4.69, 9.17) is 4.98 Å². The highest BCUT2D eigenvalue weighted by molar-refractivity contribution is 5.89. The molecule has 2 aliphatic heterocycles. The van der Waals surface area contributed by atoms with E-state index in [-0.39, 0.29) is 0 Å². The maximum absolute atomic E-state index is 4.71. The van der Waals surface area contributed by atoms with Gasteiger partial charge in [0.2, 0.25) is 0 Å². The molecule has 0 aromatic carbocycles. The van der Waals surface area contributed by atoms with Crippen LogP contribution in [0.3, 0.4) is 0 Å². The molecule has 2 saturated carbocycles. The third-order valence-corrected chi connectivity index (χ3v) is 6.15. The van der Waals surface area contributed by atoms with Gasteiger partial charge in [0.25, 0.3) is 0 Å². The number of nitrogens with zero attached hydrogens (tertiary/aromatic N) is 5. The summed E-state index contributed by atoms with van der Waals surface area (Å²) in [6.45, 7) is 3.26. The predicted octanol–water partition coefficient (Wildman–Crippen LogP) is 2.69. The Morgan fingerprint density at radius 3 is 2.50 bits per heavy atom. The Morgan fingerprint density at radius 2 is 1.73 bits per heavy atom. The van der Waals surface area contributed by atoms with Crippen LogP contribution in [0.1, 0.15) is 37.8 Å². The average Bonchev–Trinajstić information content (AvgIpc) is 2.65. The Labute approximate surface area is 130 Å². The SMILES string of the molecule is Cc1nn(C)c2ncnc(N3CC4C[C@@H]5CC3C[C@H](C4)C5)c12. The normalized spacial score (nSPS) is 33.6. The molecule has 2 aliphatic carbocycles. The molecule has 4 atom stereocenters. The van der Waals surface area contributed by atoms with Crippen molar-refractivity contribution in [2.45, 2.75) is 45.1 Å². The minimum atomic E-state index is 0.675. The van der Waals surface area contributed by atoms with E-state index in [9.17, 15) is 0 Å². The van der Waals surface area contributed by atoms with Crippen molar-refractivity contribution >= 4 is 16.9 Å².